The van der Waals surface area contributed by atoms with Gasteiger partial charge in [-0.15, -0.1) is 11.3 Å². The lowest BCUT2D eigenvalue weighted by Crippen LogP contribution is -2.12. The summed E-state index contributed by atoms with van der Waals surface area (Å²) >= 11 is 1.53. The van der Waals surface area contributed by atoms with Gasteiger partial charge in [-0.1, -0.05) is 19.1 Å². The lowest BCUT2D eigenvalue weighted by atomic mass is 10.1. The van der Waals surface area contributed by atoms with Gasteiger partial charge in [0, 0.05) is 16.3 Å². The van der Waals surface area contributed by atoms with E-state index in [4.69, 9.17) is 0 Å². The molecule has 0 fully saturated rings. The smallest absolute Gasteiger partial charge is 0.312 e. The largest absolute Gasteiger partial charge is 0.416 e. The summed E-state index contributed by atoms with van der Waals surface area (Å²) in [6.07, 6.45) is -3.23. The molecular weight excluding hydrogens is 283 g/mol. The van der Waals surface area contributed by atoms with E-state index in [9.17, 15) is 13.2 Å². The first kappa shape index (κ1) is 15.1. The second-order valence-corrected chi connectivity index (χ2v) is 5.69. The Morgan fingerprint density at radius 1 is 1.15 bits per heavy atom. The summed E-state index contributed by atoms with van der Waals surface area (Å²) in [5, 5.41) is 3.28. The van der Waals surface area contributed by atoms with Crippen LogP contribution >= 0.6 is 11.3 Å². The van der Waals surface area contributed by atoms with E-state index >= 15 is 0 Å². The minimum Gasteiger partial charge on any atom is -0.312 e. The van der Waals surface area contributed by atoms with Crippen molar-refractivity contribution < 1.29 is 13.2 Å². The van der Waals surface area contributed by atoms with Gasteiger partial charge >= 0.3 is 6.18 Å². The van der Waals surface area contributed by atoms with E-state index in [1.54, 1.807) is 6.07 Å². The fraction of sp³-hybridized carbons (Fsp3) is 0.333. The van der Waals surface area contributed by atoms with E-state index in [1.807, 2.05) is 12.1 Å². The Bertz CT molecular complexity index is 560. The van der Waals surface area contributed by atoms with E-state index in [-0.39, 0.29) is 0 Å². The summed E-state index contributed by atoms with van der Waals surface area (Å²) in [5.41, 5.74) is 0.0145. The first-order valence-corrected chi connectivity index (χ1v) is 7.29. The van der Waals surface area contributed by atoms with E-state index in [0.717, 1.165) is 35.3 Å². The molecule has 1 heterocycles. The molecule has 1 aromatic carbocycles. The molecule has 0 unspecified atom stereocenters. The summed E-state index contributed by atoms with van der Waals surface area (Å²) in [6, 6.07) is 9.30. The summed E-state index contributed by atoms with van der Waals surface area (Å²) < 4.78 is 38.1. The van der Waals surface area contributed by atoms with Crippen molar-refractivity contribution in [2.45, 2.75) is 26.1 Å². The average Bonchev–Trinajstić information content (AvgIpc) is 2.87. The molecule has 0 spiro atoms. The SMILES string of the molecule is CCCNCc1ccc(-c2cccc(C(F)(F)F)c2)s1. The summed E-state index contributed by atoms with van der Waals surface area (Å²) in [7, 11) is 0. The summed E-state index contributed by atoms with van der Waals surface area (Å²) in [5.74, 6) is 0. The Balaban J connectivity index is 2.16. The maximum Gasteiger partial charge on any atom is 0.416 e. The van der Waals surface area contributed by atoms with Crippen LogP contribution in [0, 0.1) is 0 Å². The van der Waals surface area contributed by atoms with Crippen molar-refractivity contribution in [3.63, 3.8) is 0 Å². The summed E-state index contributed by atoms with van der Waals surface area (Å²) in [6.45, 7) is 3.80. The molecule has 108 valence electrons. The van der Waals surface area contributed by atoms with Crippen LogP contribution in [0.2, 0.25) is 0 Å². The Morgan fingerprint density at radius 2 is 1.95 bits per heavy atom. The predicted molar refractivity (Wildman–Crippen MR) is 76.8 cm³/mol. The fourth-order valence-corrected chi connectivity index (χ4v) is 2.84. The van der Waals surface area contributed by atoms with Crippen LogP contribution in [0.1, 0.15) is 23.8 Å². The third kappa shape index (κ3) is 3.84. The molecule has 0 saturated carbocycles. The van der Waals surface area contributed by atoms with E-state index < -0.39 is 11.7 Å². The van der Waals surface area contributed by atoms with Gasteiger partial charge in [0.25, 0.3) is 0 Å². The van der Waals surface area contributed by atoms with Gasteiger partial charge in [0.1, 0.15) is 0 Å². The molecule has 20 heavy (non-hydrogen) atoms. The number of hydrogen-bond donors (Lipinski definition) is 1. The second kappa shape index (κ2) is 6.41. The lowest BCUT2D eigenvalue weighted by Gasteiger charge is -2.07. The summed E-state index contributed by atoms with van der Waals surface area (Å²) in [4.78, 5) is 2.00. The maximum absolute atomic E-state index is 12.7. The second-order valence-electron chi connectivity index (χ2n) is 4.52. The third-order valence-electron chi connectivity index (χ3n) is 2.86. The van der Waals surface area contributed by atoms with Crippen LogP contribution in [0.5, 0.6) is 0 Å². The molecule has 1 N–H and O–H groups in total. The van der Waals surface area contributed by atoms with E-state index in [0.29, 0.717) is 5.56 Å². The molecule has 0 aliphatic rings. The molecule has 0 aliphatic heterocycles. The standard InChI is InChI=1S/C15H16F3NS/c1-2-8-19-10-13-6-7-14(20-13)11-4-3-5-12(9-11)15(16,17)18/h3-7,9,19H,2,8,10H2,1H3. The van der Waals surface area contributed by atoms with Crippen LogP contribution in [0.25, 0.3) is 10.4 Å². The van der Waals surface area contributed by atoms with Gasteiger partial charge in [-0.25, -0.2) is 0 Å². The normalized spacial score (nSPS) is 11.8. The van der Waals surface area contributed by atoms with E-state index in [1.165, 1.54) is 23.5 Å². The van der Waals surface area contributed by atoms with Gasteiger partial charge in [0.05, 0.1) is 5.56 Å². The van der Waals surface area contributed by atoms with Crippen LogP contribution in [0.15, 0.2) is 36.4 Å². The number of alkyl halides is 3. The van der Waals surface area contributed by atoms with Crippen LogP contribution < -0.4 is 5.32 Å². The van der Waals surface area contributed by atoms with Gasteiger partial charge in [0.15, 0.2) is 0 Å². The van der Waals surface area contributed by atoms with Crippen LogP contribution in [0.3, 0.4) is 0 Å². The first-order valence-electron chi connectivity index (χ1n) is 6.48. The first-order chi connectivity index (χ1) is 9.50. The highest BCUT2D eigenvalue weighted by atomic mass is 32.1. The zero-order valence-electron chi connectivity index (χ0n) is 11.1. The lowest BCUT2D eigenvalue weighted by molar-refractivity contribution is -0.137. The zero-order valence-corrected chi connectivity index (χ0v) is 11.9. The molecule has 1 aromatic heterocycles. The molecule has 2 rings (SSSR count). The van der Waals surface area contributed by atoms with Gasteiger partial charge in [0.2, 0.25) is 0 Å². The molecule has 5 heteroatoms. The van der Waals surface area contributed by atoms with Crippen LogP contribution in [0.4, 0.5) is 13.2 Å². The number of nitrogens with one attached hydrogen (secondary N) is 1. The molecule has 0 aliphatic carbocycles. The Hall–Kier alpha value is -1.33. The van der Waals surface area contributed by atoms with Crippen molar-refractivity contribution in [3.8, 4) is 10.4 Å². The highest BCUT2D eigenvalue weighted by molar-refractivity contribution is 7.15. The fourth-order valence-electron chi connectivity index (χ4n) is 1.87. The molecule has 0 saturated heterocycles. The Labute approximate surface area is 120 Å². The quantitative estimate of drug-likeness (QED) is 0.772. The van der Waals surface area contributed by atoms with Gasteiger partial charge in [-0.3, -0.25) is 0 Å². The average molecular weight is 299 g/mol. The van der Waals surface area contributed by atoms with Gasteiger partial charge in [-0.2, -0.15) is 13.2 Å². The minimum absolute atomic E-state index is 0.603. The zero-order chi connectivity index (χ0) is 14.6. The third-order valence-corrected chi connectivity index (χ3v) is 4.00. The number of halogens is 3. The van der Waals surface area contributed by atoms with Gasteiger partial charge in [-0.05, 0) is 42.8 Å². The molecule has 0 amide bonds. The molecule has 1 nitrogen and oxygen atoms in total. The number of hydrogen-bond acceptors (Lipinski definition) is 2. The van der Waals surface area contributed by atoms with Gasteiger partial charge < -0.3 is 5.32 Å². The molecule has 2 aromatic rings. The topological polar surface area (TPSA) is 12.0 Å². The van der Waals surface area contributed by atoms with Crippen molar-refractivity contribution in [1.29, 1.82) is 0 Å². The molecular formula is C15H16F3NS. The van der Waals surface area contributed by atoms with Crippen LogP contribution in [-0.2, 0) is 12.7 Å². The molecule has 0 bridgehead atoms. The maximum atomic E-state index is 12.7. The minimum atomic E-state index is -4.29. The van der Waals surface area contributed by atoms with Crippen molar-refractivity contribution in [2.75, 3.05) is 6.54 Å². The molecule has 0 radical (unpaired) electrons. The van der Waals surface area contributed by atoms with Crippen molar-refractivity contribution in [1.82, 2.24) is 5.32 Å². The highest BCUT2D eigenvalue weighted by Gasteiger charge is 2.30. The number of benzene rings is 1. The van der Waals surface area contributed by atoms with Crippen molar-refractivity contribution in [2.24, 2.45) is 0 Å². The van der Waals surface area contributed by atoms with Crippen LogP contribution in [-0.4, -0.2) is 6.54 Å². The number of rotatable bonds is 5. The molecule has 0 atom stereocenters. The number of thiophene rings is 1. The monoisotopic (exact) mass is 299 g/mol. The van der Waals surface area contributed by atoms with Crippen molar-refractivity contribution >= 4 is 11.3 Å². The van der Waals surface area contributed by atoms with E-state index in [2.05, 4.69) is 12.2 Å². The predicted octanol–water partition coefficient (Wildman–Crippen LogP) is 4.93. The Morgan fingerprint density at radius 3 is 2.65 bits per heavy atom. The highest BCUT2D eigenvalue weighted by Crippen LogP contribution is 2.34. The Kier molecular flexibility index (Phi) is 4.83. The van der Waals surface area contributed by atoms with Crippen molar-refractivity contribution in [3.05, 3.63) is 46.8 Å².